The minimum absolute atomic E-state index is 0.113. The molecule has 0 amide bonds. The monoisotopic (exact) mass is 381 g/mol. The van der Waals surface area contributed by atoms with Gasteiger partial charge in [0, 0.05) is 39.3 Å². The van der Waals surface area contributed by atoms with Crippen LogP contribution in [-0.4, -0.2) is 26.5 Å². The number of Topliss-reactive ketones (excluding diaryl/α,β-unsaturated/α-hetero) is 1. The molecule has 26 heavy (non-hydrogen) atoms. The number of thiophene rings is 1. The lowest BCUT2D eigenvalue weighted by atomic mass is 10.1. The smallest absolute Gasteiger partial charge is 0.175 e. The topological polar surface area (TPSA) is 58.6 Å². The Morgan fingerprint density at radius 1 is 1.23 bits per heavy atom. The Morgan fingerprint density at radius 2 is 2.04 bits per heavy atom. The summed E-state index contributed by atoms with van der Waals surface area (Å²) in [5, 5.41) is 2.99. The van der Waals surface area contributed by atoms with E-state index in [0.717, 1.165) is 44.0 Å². The predicted molar refractivity (Wildman–Crippen MR) is 110 cm³/mol. The van der Waals surface area contributed by atoms with Gasteiger partial charge >= 0.3 is 0 Å². The van der Waals surface area contributed by atoms with Crippen molar-refractivity contribution in [2.24, 2.45) is 0 Å². The maximum atomic E-state index is 12.8. The normalized spacial score (nSPS) is 11.5. The van der Waals surface area contributed by atoms with Crippen LogP contribution in [0, 0.1) is 13.8 Å². The van der Waals surface area contributed by atoms with Gasteiger partial charge in [0.25, 0.3) is 0 Å². The highest BCUT2D eigenvalue weighted by molar-refractivity contribution is 8.00. The average molecular weight is 382 g/mol. The number of benzene rings is 1. The fourth-order valence-electron chi connectivity index (χ4n) is 3.03. The van der Waals surface area contributed by atoms with Gasteiger partial charge in [-0.25, -0.2) is 9.97 Å². The summed E-state index contributed by atoms with van der Waals surface area (Å²) in [6, 6.07) is 7.89. The first-order chi connectivity index (χ1) is 12.6. The van der Waals surface area contributed by atoms with Crippen molar-refractivity contribution in [3.63, 3.8) is 0 Å². The van der Waals surface area contributed by atoms with Crippen LogP contribution in [0.25, 0.3) is 21.1 Å². The molecule has 4 aromatic rings. The molecule has 3 heterocycles. The first-order valence-corrected chi connectivity index (χ1v) is 10.4. The molecule has 0 aliphatic rings. The van der Waals surface area contributed by atoms with E-state index in [-0.39, 0.29) is 5.78 Å². The number of carbonyl (C=O) groups is 1. The highest BCUT2D eigenvalue weighted by Crippen LogP contribution is 2.35. The van der Waals surface area contributed by atoms with Crippen LogP contribution in [0.2, 0.25) is 0 Å². The molecule has 0 bridgehead atoms. The molecule has 1 aromatic carbocycles. The Morgan fingerprint density at radius 3 is 2.85 bits per heavy atom. The lowest BCUT2D eigenvalue weighted by Gasteiger charge is -2.06. The molecule has 0 radical (unpaired) electrons. The maximum absolute atomic E-state index is 12.8. The van der Waals surface area contributed by atoms with Crippen molar-refractivity contribution in [2.45, 2.75) is 32.2 Å². The van der Waals surface area contributed by atoms with Crippen LogP contribution < -0.4 is 0 Å². The second-order valence-electron chi connectivity index (χ2n) is 6.22. The number of hydrogen-bond donors (Lipinski definition) is 1. The Bertz CT molecular complexity index is 1130. The Labute approximate surface area is 160 Å². The fraction of sp³-hybridized carbons (Fsp3) is 0.250. The lowest BCUT2D eigenvalue weighted by Crippen LogP contribution is -2.03. The quantitative estimate of drug-likeness (QED) is 0.288. The zero-order valence-corrected chi connectivity index (χ0v) is 16.6. The van der Waals surface area contributed by atoms with Crippen molar-refractivity contribution < 1.29 is 4.79 Å². The molecule has 0 atom stereocenters. The van der Waals surface area contributed by atoms with E-state index in [1.807, 2.05) is 24.3 Å². The summed E-state index contributed by atoms with van der Waals surface area (Å²) in [6.45, 7) is 6.27. The first kappa shape index (κ1) is 17.2. The number of H-pyrrole nitrogens is 1. The van der Waals surface area contributed by atoms with E-state index >= 15 is 0 Å². The highest BCUT2D eigenvalue weighted by Gasteiger charge is 2.17. The molecule has 4 nitrogen and oxygen atoms in total. The molecule has 4 rings (SSSR count). The molecule has 0 spiro atoms. The predicted octanol–water partition coefficient (Wildman–Crippen LogP) is 5.33. The third-order valence-electron chi connectivity index (χ3n) is 4.59. The molecule has 0 aliphatic heterocycles. The van der Waals surface area contributed by atoms with Crippen molar-refractivity contribution in [2.75, 3.05) is 5.75 Å². The minimum Gasteiger partial charge on any atom is -0.360 e. The molecule has 0 unspecified atom stereocenters. The van der Waals surface area contributed by atoms with Crippen molar-refractivity contribution >= 4 is 50.0 Å². The van der Waals surface area contributed by atoms with Crippen LogP contribution in [0.15, 0.2) is 35.5 Å². The first-order valence-electron chi connectivity index (χ1n) is 8.57. The zero-order chi connectivity index (χ0) is 18.3. The number of nitrogens with zero attached hydrogens (tertiary/aromatic N) is 2. The molecule has 0 saturated heterocycles. The van der Waals surface area contributed by atoms with Crippen LogP contribution >= 0.6 is 23.1 Å². The number of thioether (sulfide) groups is 1. The van der Waals surface area contributed by atoms with Crippen LogP contribution in [0.3, 0.4) is 0 Å². The second kappa shape index (κ2) is 6.85. The van der Waals surface area contributed by atoms with E-state index in [1.165, 1.54) is 22.2 Å². The number of aryl methyl sites for hydroxylation is 3. The largest absolute Gasteiger partial charge is 0.360 e. The molecule has 6 heteroatoms. The average Bonchev–Trinajstić information content (AvgIpc) is 3.20. The van der Waals surface area contributed by atoms with E-state index in [1.54, 1.807) is 17.5 Å². The van der Waals surface area contributed by atoms with Gasteiger partial charge in [0.15, 0.2) is 5.78 Å². The van der Waals surface area contributed by atoms with Crippen molar-refractivity contribution in [1.82, 2.24) is 15.0 Å². The molecular formula is C20H19N3OS2. The molecule has 0 fully saturated rings. The molecule has 0 aliphatic carbocycles. The Balaban J connectivity index is 1.66. The van der Waals surface area contributed by atoms with Gasteiger partial charge in [0.2, 0.25) is 0 Å². The second-order valence-corrected chi connectivity index (χ2v) is 8.39. The van der Waals surface area contributed by atoms with Crippen LogP contribution in [0.1, 0.15) is 33.5 Å². The summed E-state index contributed by atoms with van der Waals surface area (Å²) in [5.41, 5.74) is 2.95. The number of nitrogens with one attached hydrogen (secondary N) is 1. The van der Waals surface area contributed by atoms with E-state index in [9.17, 15) is 4.79 Å². The third kappa shape index (κ3) is 2.93. The van der Waals surface area contributed by atoms with Gasteiger partial charge in [-0.3, -0.25) is 4.79 Å². The summed E-state index contributed by atoms with van der Waals surface area (Å²) in [4.78, 5) is 27.6. The van der Waals surface area contributed by atoms with Crippen LogP contribution in [-0.2, 0) is 6.42 Å². The zero-order valence-electron chi connectivity index (χ0n) is 14.9. The maximum Gasteiger partial charge on any atom is 0.175 e. The number of aromatic amines is 1. The number of carbonyl (C=O) groups excluding carboxylic acids is 1. The number of rotatable bonds is 5. The number of para-hydroxylation sites is 1. The fourth-order valence-corrected chi connectivity index (χ4v) is 5.13. The number of aromatic nitrogens is 3. The molecule has 3 aromatic heterocycles. The summed E-state index contributed by atoms with van der Waals surface area (Å²) in [7, 11) is 0. The van der Waals surface area contributed by atoms with E-state index in [0.29, 0.717) is 5.75 Å². The van der Waals surface area contributed by atoms with Gasteiger partial charge in [-0.05, 0) is 25.5 Å². The van der Waals surface area contributed by atoms with Crippen LogP contribution in [0.4, 0.5) is 0 Å². The standard InChI is InChI=1S/C20H19N3OS2/c1-4-17-22-19(18-11(2)12(3)26-20(18)23-17)25-10-16(24)14-9-21-15-8-6-5-7-13(14)15/h5-9,21H,4,10H2,1-3H3. The van der Waals surface area contributed by atoms with Crippen molar-refractivity contribution in [3.8, 4) is 0 Å². The summed E-state index contributed by atoms with van der Waals surface area (Å²) >= 11 is 3.22. The van der Waals surface area contributed by atoms with Gasteiger partial charge in [0.05, 0.1) is 5.75 Å². The summed E-state index contributed by atoms with van der Waals surface area (Å²) in [6.07, 6.45) is 2.59. The van der Waals surface area contributed by atoms with E-state index in [2.05, 4.69) is 30.7 Å². The van der Waals surface area contributed by atoms with Gasteiger partial charge in [-0.15, -0.1) is 11.3 Å². The Kier molecular flexibility index (Phi) is 4.54. The summed E-state index contributed by atoms with van der Waals surface area (Å²) < 4.78 is 0. The van der Waals surface area contributed by atoms with Crippen molar-refractivity contribution in [3.05, 3.63) is 52.3 Å². The third-order valence-corrected chi connectivity index (χ3v) is 6.66. The lowest BCUT2D eigenvalue weighted by molar-refractivity contribution is 0.102. The van der Waals surface area contributed by atoms with E-state index < -0.39 is 0 Å². The molecule has 1 N–H and O–H groups in total. The minimum atomic E-state index is 0.113. The summed E-state index contributed by atoms with van der Waals surface area (Å²) in [5.74, 6) is 1.31. The van der Waals surface area contributed by atoms with E-state index in [4.69, 9.17) is 4.98 Å². The van der Waals surface area contributed by atoms with Crippen LogP contribution in [0.5, 0.6) is 0 Å². The molecule has 0 saturated carbocycles. The van der Waals surface area contributed by atoms with Crippen molar-refractivity contribution in [1.29, 1.82) is 0 Å². The van der Waals surface area contributed by atoms with Gasteiger partial charge < -0.3 is 4.98 Å². The Hall–Kier alpha value is -2.18. The highest BCUT2D eigenvalue weighted by atomic mass is 32.2. The number of fused-ring (bicyclic) bond motifs is 2. The number of ketones is 1. The van der Waals surface area contributed by atoms with Gasteiger partial charge in [0.1, 0.15) is 15.7 Å². The van der Waals surface area contributed by atoms with Gasteiger partial charge in [-0.2, -0.15) is 0 Å². The molecular weight excluding hydrogens is 362 g/mol. The SMILES string of the molecule is CCc1nc(SCC(=O)c2c[nH]c3ccccc23)c2c(C)c(C)sc2n1. The number of hydrogen-bond acceptors (Lipinski definition) is 5. The molecule has 132 valence electrons. The van der Waals surface area contributed by atoms with Gasteiger partial charge in [-0.1, -0.05) is 36.9 Å².